The predicted octanol–water partition coefficient (Wildman–Crippen LogP) is 7.10. The SMILES string of the molecule is CCCCc1ccccc1SOSc1ccccc1CCCC. The van der Waals surface area contributed by atoms with Gasteiger partial charge in [0, 0.05) is 33.9 Å². The number of aryl methyl sites for hydroxylation is 2. The zero-order chi connectivity index (χ0) is 16.3. The molecule has 2 rings (SSSR count). The van der Waals surface area contributed by atoms with Crippen LogP contribution in [0.2, 0.25) is 0 Å². The quantitative estimate of drug-likeness (QED) is 0.424. The first-order chi connectivity index (χ1) is 11.3. The lowest BCUT2D eigenvalue weighted by atomic mass is 10.1. The molecule has 0 aliphatic heterocycles. The third kappa shape index (κ3) is 6.25. The molecule has 0 radical (unpaired) electrons. The third-order valence-corrected chi connectivity index (χ3v) is 5.49. The van der Waals surface area contributed by atoms with Gasteiger partial charge in [0.1, 0.15) is 0 Å². The van der Waals surface area contributed by atoms with E-state index < -0.39 is 0 Å². The summed E-state index contributed by atoms with van der Waals surface area (Å²) in [6, 6.07) is 17.1. The van der Waals surface area contributed by atoms with Crippen LogP contribution < -0.4 is 0 Å². The standard InChI is InChI=1S/C20H26OS2/c1-3-5-11-17-13-7-9-15-19(17)22-21-23-20-16-10-8-14-18(20)12-6-4-2/h7-10,13-16H,3-6,11-12H2,1-2H3. The Hall–Kier alpha value is -0.900. The summed E-state index contributed by atoms with van der Waals surface area (Å²) in [5.41, 5.74) is 2.78. The highest BCUT2D eigenvalue weighted by atomic mass is 32.2. The number of unbranched alkanes of at least 4 members (excludes halogenated alkanes) is 2. The van der Waals surface area contributed by atoms with Crippen LogP contribution in [0.25, 0.3) is 0 Å². The topological polar surface area (TPSA) is 9.23 Å². The van der Waals surface area contributed by atoms with Gasteiger partial charge >= 0.3 is 0 Å². The summed E-state index contributed by atoms with van der Waals surface area (Å²) < 4.78 is 5.88. The monoisotopic (exact) mass is 346 g/mol. The maximum Gasteiger partial charge on any atom is 0.0450 e. The van der Waals surface area contributed by atoms with Crippen LogP contribution in [0.4, 0.5) is 0 Å². The zero-order valence-electron chi connectivity index (χ0n) is 14.1. The van der Waals surface area contributed by atoms with Crippen molar-refractivity contribution in [3.8, 4) is 0 Å². The van der Waals surface area contributed by atoms with Crippen LogP contribution in [-0.2, 0) is 16.5 Å². The lowest BCUT2D eigenvalue weighted by Gasteiger charge is -2.10. The Morgan fingerprint density at radius 2 is 1.13 bits per heavy atom. The van der Waals surface area contributed by atoms with E-state index in [1.54, 1.807) is 0 Å². The van der Waals surface area contributed by atoms with Crippen LogP contribution in [0.1, 0.15) is 50.7 Å². The minimum absolute atomic E-state index is 1.13. The number of hydrogen-bond acceptors (Lipinski definition) is 3. The van der Waals surface area contributed by atoms with E-state index in [0.717, 1.165) is 12.8 Å². The molecule has 124 valence electrons. The fourth-order valence-electron chi connectivity index (χ4n) is 2.41. The van der Waals surface area contributed by atoms with Crippen molar-refractivity contribution in [2.24, 2.45) is 0 Å². The van der Waals surface area contributed by atoms with Crippen molar-refractivity contribution in [1.82, 2.24) is 0 Å². The summed E-state index contributed by atoms with van der Waals surface area (Å²) in [6.07, 6.45) is 7.15. The van der Waals surface area contributed by atoms with Crippen molar-refractivity contribution in [3.63, 3.8) is 0 Å². The molecule has 0 aromatic heterocycles. The van der Waals surface area contributed by atoms with Gasteiger partial charge < -0.3 is 0 Å². The Bertz CT molecular complexity index is 532. The molecule has 0 amide bonds. The second kappa shape index (κ2) is 10.8. The van der Waals surface area contributed by atoms with E-state index in [0.29, 0.717) is 0 Å². The van der Waals surface area contributed by atoms with Gasteiger partial charge in [-0.3, -0.25) is 0 Å². The Balaban J connectivity index is 1.92. The largest absolute Gasteiger partial charge is 0.237 e. The molecular weight excluding hydrogens is 320 g/mol. The Kier molecular flexibility index (Phi) is 8.66. The van der Waals surface area contributed by atoms with Crippen LogP contribution in [0.15, 0.2) is 58.3 Å². The molecule has 0 spiro atoms. The molecule has 2 aromatic carbocycles. The van der Waals surface area contributed by atoms with Crippen LogP contribution >= 0.6 is 24.1 Å². The molecule has 23 heavy (non-hydrogen) atoms. The molecule has 0 aliphatic rings. The van der Waals surface area contributed by atoms with Gasteiger partial charge in [0.25, 0.3) is 0 Å². The van der Waals surface area contributed by atoms with Gasteiger partial charge in [-0.1, -0.05) is 63.1 Å². The first kappa shape index (κ1) is 18.4. The van der Waals surface area contributed by atoms with Crippen molar-refractivity contribution < 1.29 is 3.63 Å². The lowest BCUT2D eigenvalue weighted by molar-refractivity contribution is 0.741. The Morgan fingerprint density at radius 1 is 0.696 bits per heavy atom. The van der Waals surface area contributed by atoms with Crippen molar-refractivity contribution in [2.45, 2.75) is 62.2 Å². The molecule has 0 N–H and O–H groups in total. The summed E-state index contributed by atoms with van der Waals surface area (Å²) >= 11 is 2.98. The van der Waals surface area contributed by atoms with Crippen LogP contribution in [0.5, 0.6) is 0 Å². The maximum atomic E-state index is 5.88. The zero-order valence-corrected chi connectivity index (χ0v) is 15.7. The van der Waals surface area contributed by atoms with Crippen molar-refractivity contribution >= 4 is 24.1 Å². The predicted molar refractivity (Wildman–Crippen MR) is 103 cm³/mol. The molecule has 0 atom stereocenters. The maximum absolute atomic E-state index is 5.88. The van der Waals surface area contributed by atoms with Crippen LogP contribution in [-0.4, -0.2) is 0 Å². The third-order valence-electron chi connectivity index (χ3n) is 3.79. The average molecular weight is 347 g/mol. The van der Waals surface area contributed by atoms with Gasteiger partial charge in [0.15, 0.2) is 0 Å². The highest BCUT2D eigenvalue weighted by molar-refractivity contribution is 8.08. The number of hydrogen-bond donors (Lipinski definition) is 0. The van der Waals surface area contributed by atoms with Gasteiger partial charge in [0.2, 0.25) is 0 Å². The molecule has 0 saturated heterocycles. The van der Waals surface area contributed by atoms with Crippen molar-refractivity contribution in [1.29, 1.82) is 0 Å². The van der Waals surface area contributed by atoms with Gasteiger partial charge in [-0.15, -0.1) is 0 Å². The van der Waals surface area contributed by atoms with Gasteiger partial charge in [-0.25, -0.2) is 3.63 Å². The van der Waals surface area contributed by atoms with E-state index in [1.807, 2.05) is 0 Å². The molecule has 0 bridgehead atoms. The number of benzene rings is 2. The molecule has 0 saturated carbocycles. The number of rotatable bonds is 10. The molecule has 2 aromatic rings. The first-order valence-electron chi connectivity index (χ1n) is 8.52. The second-order valence-electron chi connectivity index (χ2n) is 5.66. The Morgan fingerprint density at radius 3 is 1.57 bits per heavy atom. The van der Waals surface area contributed by atoms with E-state index in [4.69, 9.17) is 3.63 Å². The summed E-state index contributed by atoms with van der Waals surface area (Å²) in [7, 11) is 0. The smallest absolute Gasteiger partial charge is 0.0450 e. The van der Waals surface area contributed by atoms with E-state index in [2.05, 4.69) is 62.4 Å². The molecule has 0 heterocycles. The van der Waals surface area contributed by atoms with Gasteiger partial charge in [0.05, 0.1) is 0 Å². The molecule has 1 nitrogen and oxygen atoms in total. The summed E-state index contributed by atoms with van der Waals surface area (Å²) in [6.45, 7) is 4.46. The normalized spacial score (nSPS) is 10.9. The minimum atomic E-state index is 1.13. The summed E-state index contributed by atoms with van der Waals surface area (Å²) in [4.78, 5) is 2.47. The van der Waals surface area contributed by atoms with Crippen molar-refractivity contribution in [3.05, 3.63) is 59.7 Å². The summed E-state index contributed by atoms with van der Waals surface area (Å²) in [5, 5.41) is 0. The van der Waals surface area contributed by atoms with Gasteiger partial charge in [-0.05, 0) is 48.9 Å². The molecule has 3 heteroatoms. The lowest BCUT2D eigenvalue weighted by Crippen LogP contribution is -1.89. The van der Waals surface area contributed by atoms with E-state index in [9.17, 15) is 0 Å². The van der Waals surface area contributed by atoms with E-state index in [-0.39, 0.29) is 0 Å². The molecule has 0 unspecified atom stereocenters. The summed E-state index contributed by atoms with van der Waals surface area (Å²) in [5.74, 6) is 0. The first-order valence-corrected chi connectivity index (χ1v) is 10.0. The highest BCUT2D eigenvalue weighted by Gasteiger charge is 2.06. The van der Waals surface area contributed by atoms with E-state index >= 15 is 0 Å². The second-order valence-corrected chi connectivity index (χ2v) is 7.41. The molecular formula is C20H26OS2. The molecule has 0 fully saturated rings. The van der Waals surface area contributed by atoms with Crippen LogP contribution in [0.3, 0.4) is 0 Å². The fourth-order valence-corrected chi connectivity index (χ4v) is 3.95. The molecule has 0 aliphatic carbocycles. The van der Waals surface area contributed by atoms with Gasteiger partial charge in [-0.2, -0.15) is 0 Å². The average Bonchev–Trinajstić information content (AvgIpc) is 2.60. The van der Waals surface area contributed by atoms with Crippen LogP contribution in [0, 0.1) is 0 Å². The Labute approximate surface area is 149 Å². The van der Waals surface area contributed by atoms with Crippen molar-refractivity contribution in [2.75, 3.05) is 0 Å². The minimum Gasteiger partial charge on any atom is -0.237 e. The highest BCUT2D eigenvalue weighted by Crippen LogP contribution is 2.34. The fraction of sp³-hybridized carbons (Fsp3) is 0.400. The van der Waals surface area contributed by atoms with E-state index in [1.165, 1.54) is 70.7 Å².